The third kappa shape index (κ3) is 5.07. The Morgan fingerprint density at radius 1 is 1.00 bits per heavy atom. The van der Waals surface area contributed by atoms with Gasteiger partial charge in [-0.05, 0) is 60.7 Å². The van der Waals surface area contributed by atoms with E-state index in [2.05, 4.69) is 10.6 Å². The first-order valence-electron chi connectivity index (χ1n) is 12.9. The highest BCUT2D eigenvalue weighted by molar-refractivity contribution is 6.02. The maximum atomic E-state index is 12.2. The molecule has 40 heavy (non-hydrogen) atoms. The molecule has 1 saturated heterocycles. The molecule has 10 heteroatoms. The van der Waals surface area contributed by atoms with Gasteiger partial charge < -0.3 is 9.57 Å². The Kier molecular flexibility index (Phi) is 7.17. The van der Waals surface area contributed by atoms with Crippen molar-refractivity contribution in [3.8, 4) is 16.9 Å². The fourth-order valence-electron chi connectivity index (χ4n) is 5.21. The number of carbonyl (C=O) groups excluding carboxylic acids is 3. The third-order valence-corrected chi connectivity index (χ3v) is 7.08. The summed E-state index contributed by atoms with van der Waals surface area (Å²) in [5.41, 5.74) is 5.29. The summed E-state index contributed by atoms with van der Waals surface area (Å²) in [7, 11) is 1.98. The zero-order valence-electron chi connectivity index (χ0n) is 22.4. The van der Waals surface area contributed by atoms with Crippen molar-refractivity contribution in [1.82, 2.24) is 5.06 Å². The van der Waals surface area contributed by atoms with E-state index in [0.717, 1.165) is 44.1 Å². The van der Waals surface area contributed by atoms with Crippen LogP contribution in [0.1, 0.15) is 36.8 Å². The van der Waals surface area contributed by atoms with Gasteiger partial charge in [-0.1, -0.05) is 12.1 Å². The molecule has 0 bridgehead atoms. The number of imide groups is 1. The Hall–Kier alpha value is -4.86. The zero-order chi connectivity index (χ0) is 28.6. The summed E-state index contributed by atoms with van der Waals surface area (Å²) in [6.07, 6.45) is 0.359. The number of nitro groups is 1. The van der Waals surface area contributed by atoms with Gasteiger partial charge in [0.25, 0.3) is 17.5 Å². The van der Waals surface area contributed by atoms with Crippen LogP contribution in [0.2, 0.25) is 0 Å². The van der Waals surface area contributed by atoms with Gasteiger partial charge >= 0.3 is 5.97 Å². The van der Waals surface area contributed by atoms with Crippen LogP contribution in [-0.2, 0) is 26.3 Å². The molecular formula is C30H28N3O7+. The van der Waals surface area contributed by atoms with E-state index in [0.29, 0.717) is 17.2 Å². The number of hydroxylamine groups is 2. The van der Waals surface area contributed by atoms with Crippen LogP contribution < -0.4 is 9.30 Å². The van der Waals surface area contributed by atoms with Crippen molar-refractivity contribution in [2.75, 3.05) is 6.61 Å². The lowest BCUT2D eigenvalue weighted by Gasteiger charge is -2.16. The molecule has 0 spiro atoms. The van der Waals surface area contributed by atoms with Crippen LogP contribution in [0, 0.1) is 24.0 Å². The minimum Gasteiger partial charge on any atom is -0.493 e. The lowest BCUT2D eigenvalue weighted by Crippen LogP contribution is -2.32. The number of aromatic nitrogens is 1. The number of hydrogen-bond acceptors (Lipinski definition) is 7. The van der Waals surface area contributed by atoms with E-state index in [1.54, 1.807) is 12.1 Å². The number of pyridine rings is 1. The van der Waals surface area contributed by atoms with E-state index in [1.807, 2.05) is 57.3 Å². The van der Waals surface area contributed by atoms with Gasteiger partial charge in [-0.15, -0.1) is 5.06 Å². The minimum atomic E-state index is -0.679. The first-order chi connectivity index (χ1) is 19.1. The molecule has 0 radical (unpaired) electrons. The molecule has 2 amide bonds. The third-order valence-electron chi connectivity index (χ3n) is 7.08. The van der Waals surface area contributed by atoms with Crippen molar-refractivity contribution >= 4 is 45.3 Å². The Bertz CT molecular complexity index is 1670. The van der Waals surface area contributed by atoms with Gasteiger partial charge in [-0.25, -0.2) is 4.79 Å². The van der Waals surface area contributed by atoms with Crippen molar-refractivity contribution in [2.24, 2.45) is 7.05 Å². The number of aryl methyl sites for hydroxylation is 3. The summed E-state index contributed by atoms with van der Waals surface area (Å²) in [4.78, 5) is 51.5. The molecule has 0 aliphatic carbocycles. The van der Waals surface area contributed by atoms with Crippen molar-refractivity contribution in [3.63, 3.8) is 0 Å². The molecule has 204 valence electrons. The number of amides is 2. The minimum absolute atomic E-state index is 0.0313. The molecule has 4 aromatic rings. The van der Waals surface area contributed by atoms with Crippen LogP contribution in [0.5, 0.6) is 5.75 Å². The number of nitro benzene ring substituents is 1. The molecule has 1 aromatic heterocycles. The first-order valence-corrected chi connectivity index (χ1v) is 12.9. The number of nitrogens with zero attached hydrogens (tertiary/aromatic N) is 3. The molecule has 10 nitrogen and oxygen atoms in total. The monoisotopic (exact) mass is 542 g/mol. The topological polar surface area (TPSA) is 120 Å². The Morgan fingerprint density at radius 3 is 2.35 bits per heavy atom. The highest BCUT2D eigenvalue weighted by atomic mass is 16.7. The van der Waals surface area contributed by atoms with Gasteiger partial charge in [0.1, 0.15) is 12.8 Å². The van der Waals surface area contributed by atoms with E-state index < -0.39 is 22.7 Å². The smallest absolute Gasteiger partial charge is 0.333 e. The molecular weight excluding hydrogens is 514 g/mol. The molecule has 2 heterocycles. The van der Waals surface area contributed by atoms with Crippen molar-refractivity contribution < 1.29 is 33.4 Å². The average molecular weight is 543 g/mol. The molecule has 1 aliphatic rings. The number of rotatable bonds is 8. The largest absolute Gasteiger partial charge is 0.493 e. The number of hydrogen-bond donors (Lipinski definition) is 0. The number of carbonyl (C=O) groups is 3. The molecule has 0 unspecified atom stereocenters. The summed E-state index contributed by atoms with van der Waals surface area (Å²) in [6.45, 7) is 3.91. The van der Waals surface area contributed by atoms with Crippen molar-refractivity contribution in [1.29, 1.82) is 0 Å². The maximum Gasteiger partial charge on any atom is 0.333 e. The highest BCUT2D eigenvalue weighted by Crippen LogP contribution is 2.38. The SMILES string of the molecule is Cc1cc([N+](=O)[O-])cc(C)c1-c1cc(OCCCC(=O)ON2C(=O)CCC2=O)cc2c1cc1ccccc1[n+]2C. The predicted molar refractivity (Wildman–Crippen MR) is 146 cm³/mol. The molecule has 5 rings (SSSR count). The van der Waals surface area contributed by atoms with Crippen LogP contribution in [0.4, 0.5) is 5.69 Å². The molecule has 0 saturated carbocycles. The van der Waals surface area contributed by atoms with Gasteiger partial charge in [0.05, 0.1) is 29.4 Å². The quantitative estimate of drug-likeness (QED) is 0.0785. The van der Waals surface area contributed by atoms with Crippen LogP contribution in [0.25, 0.3) is 32.9 Å². The van der Waals surface area contributed by atoms with Crippen molar-refractivity contribution in [2.45, 2.75) is 39.5 Å². The lowest BCUT2D eigenvalue weighted by atomic mass is 9.91. The van der Waals surface area contributed by atoms with Crippen molar-refractivity contribution in [3.05, 3.63) is 75.8 Å². The number of ether oxygens (including phenoxy) is 1. The fraction of sp³-hybridized carbons (Fsp3) is 0.267. The Morgan fingerprint density at radius 2 is 1.68 bits per heavy atom. The normalized spacial score (nSPS) is 13.3. The average Bonchev–Trinajstić information content (AvgIpc) is 3.23. The second-order valence-electron chi connectivity index (χ2n) is 9.87. The maximum absolute atomic E-state index is 12.2. The number of fused-ring (bicyclic) bond motifs is 2. The Balaban J connectivity index is 1.46. The van der Waals surface area contributed by atoms with Gasteiger partial charge in [0, 0.05) is 36.4 Å². The second-order valence-corrected chi connectivity index (χ2v) is 9.87. The van der Waals surface area contributed by atoms with Gasteiger partial charge in [0.15, 0.2) is 0 Å². The number of para-hydroxylation sites is 1. The van der Waals surface area contributed by atoms with E-state index in [4.69, 9.17) is 9.57 Å². The van der Waals surface area contributed by atoms with E-state index in [-0.39, 0.29) is 31.6 Å². The van der Waals surface area contributed by atoms with Crippen LogP contribution in [-0.4, -0.2) is 34.4 Å². The van der Waals surface area contributed by atoms with E-state index in [9.17, 15) is 24.5 Å². The van der Waals surface area contributed by atoms with E-state index in [1.165, 1.54) is 0 Å². The standard InChI is InChI=1S/C30H28N3O7/c1-18-13-21(33(37)38)14-19(2)30(18)24-16-22(17-26-23(24)15-20-7-4-5-8-25(20)31(26)3)39-12-6-9-29(36)40-32-27(34)10-11-28(32)35/h4-5,7-8,13-17H,6,9-12H2,1-3H3/q+1. The predicted octanol–water partition coefficient (Wildman–Crippen LogP) is 4.78. The lowest BCUT2D eigenvalue weighted by molar-refractivity contribution is -0.617. The zero-order valence-corrected chi connectivity index (χ0v) is 22.4. The van der Waals surface area contributed by atoms with E-state index >= 15 is 0 Å². The Labute approximate surface area is 229 Å². The second kappa shape index (κ2) is 10.7. The van der Waals surface area contributed by atoms with Gasteiger partial charge in [-0.3, -0.25) is 19.7 Å². The molecule has 1 fully saturated rings. The van der Waals surface area contributed by atoms with Gasteiger partial charge in [-0.2, -0.15) is 4.57 Å². The summed E-state index contributed by atoms with van der Waals surface area (Å²) in [5.74, 6) is -1.14. The molecule has 0 N–H and O–H groups in total. The fourth-order valence-corrected chi connectivity index (χ4v) is 5.21. The van der Waals surface area contributed by atoms with Crippen LogP contribution >= 0.6 is 0 Å². The molecule has 0 atom stereocenters. The van der Waals surface area contributed by atoms with Gasteiger partial charge in [0.2, 0.25) is 11.0 Å². The summed E-state index contributed by atoms with van der Waals surface area (Å²) in [6, 6.07) is 17.1. The molecule has 3 aromatic carbocycles. The number of benzene rings is 3. The van der Waals surface area contributed by atoms with Crippen LogP contribution in [0.15, 0.2) is 54.6 Å². The summed E-state index contributed by atoms with van der Waals surface area (Å²) in [5, 5.41) is 14.0. The first kappa shape index (κ1) is 26.7. The number of non-ortho nitro benzene ring substituents is 1. The summed E-state index contributed by atoms with van der Waals surface area (Å²) >= 11 is 0. The van der Waals surface area contributed by atoms with Crippen LogP contribution in [0.3, 0.4) is 0 Å². The molecule has 1 aliphatic heterocycles. The summed E-state index contributed by atoms with van der Waals surface area (Å²) < 4.78 is 8.15. The highest BCUT2D eigenvalue weighted by Gasteiger charge is 2.32.